The van der Waals surface area contributed by atoms with Crippen molar-refractivity contribution < 1.29 is 23.0 Å². The SMILES string of the molecule is [B]Oc1c2n(ccc1=O)N([C@@H]1c3ccccc3SCc3c1ccc(F)c3F)[C@@H]1COCCN1C2=O. The molecule has 11 heteroatoms. The Balaban J connectivity index is 1.68. The highest BCUT2D eigenvalue weighted by atomic mass is 32.2. The van der Waals surface area contributed by atoms with Gasteiger partial charge in [-0.05, 0) is 23.3 Å². The zero-order valence-corrected chi connectivity index (χ0v) is 19.1. The minimum atomic E-state index is -0.923. The molecule has 0 saturated carbocycles. The van der Waals surface area contributed by atoms with Crippen LogP contribution in [-0.4, -0.2) is 49.5 Å². The van der Waals surface area contributed by atoms with E-state index in [-0.39, 0.29) is 35.9 Å². The molecule has 3 aliphatic rings. The van der Waals surface area contributed by atoms with E-state index in [9.17, 15) is 14.0 Å². The van der Waals surface area contributed by atoms with Crippen LogP contribution < -0.4 is 15.1 Å². The number of ether oxygens (including phenoxy) is 1. The van der Waals surface area contributed by atoms with Gasteiger partial charge in [-0.15, -0.1) is 11.8 Å². The molecule has 2 atom stereocenters. The van der Waals surface area contributed by atoms with Gasteiger partial charge in [-0.1, -0.05) is 24.3 Å². The molecule has 176 valence electrons. The molecule has 1 amide bonds. The van der Waals surface area contributed by atoms with Gasteiger partial charge in [0, 0.05) is 35.0 Å². The van der Waals surface area contributed by atoms with Crippen LogP contribution >= 0.6 is 11.8 Å². The third kappa shape index (κ3) is 3.29. The van der Waals surface area contributed by atoms with Crippen molar-refractivity contribution in [3.8, 4) is 5.75 Å². The van der Waals surface area contributed by atoms with E-state index in [4.69, 9.17) is 17.4 Å². The van der Waals surface area contributed by atoms with E-state index >= 15 is 4.39 Å². The molecule has 0 bridgehead atoms. The second kappa shape index (κ2) is 8.42. The van der Waals surface area contributed by atoms with E-state index in [1.54, 1.807) is 11.0 Å². The Kier molecular flexibility index (Phi) is 5.34. The topological polar surface area (TPSA) is 64.0 Å². The highest BCUT2D eigenvalue weighted by Gasteiger charge is 2.46. The van der Waals surface area contributed by atoms with E-state index in [1.807, 2.05) is 29.3 Å². The molecule has 1 aromatic heterocycles. The summed E-state index contributed by atoms with van der Waals surface area (Å²) < 4.78 is 41.6. The molecule has 4 heterocycles. The predicted octanol–water partition coefficient (Wildman–Crippen LogP) is 2.73. The zero-order valence-electron chi connectivity index (χ0n) is 18.3. The van der Waals surface area contributed by atoms with Gasteiger partial charge in [0.05, 0.1) is 19.3 Å². The van der Waals surface area contributed by atoms with Crippen molar-refractivity contribution in [2.45, 2.75) is 22.9 Å². The standard InChI is InChI=1S/C24H18BF2N3O4S/c25-34-23-17(31)7-8-29-22(23)24(32)28-9-10-33-11-19(28)30(29)21-13-5-6-16(26)20(27)15(13)12-35-18-4-2-1-3-14(18)21/h1-8,19,21H,9-12H2/t19-,21+/m1/s1. The van der Waals surface area contributed by atoms with Gasteiger partial charge in [0.1, 0.15) is 6.17 Å². The average Bonchev–Trinajstić information content (AvgIpc) is 3.04. The number of carbonyl (C=O) groups is 1. The summed E-state index contributed by atoms with van der Waals surface area (Å²) >= 11 is 1.42. The van der Waals surface area contributed by atoms with Crippen LogP contribution in [0.15, 0.2) is 58.4 Å². The van der Waals surface area contributed by atoms with Crippen LogP contribution in [0.4, 0.5) is 8.78 Å². The van der Waals surface area contributed by atoms with Crippen LogP contribution in [0.2, 0.25) is 0 Å². The molecule has 0 N–H and O–H groups in total. The number of morpholine rings is 1. The van der Waals surface area contributed by atoms with Crippen molar-refractivity contribution >= 4 is 25.7 Å². The molecule has 0 aliphatic carbocycles. The fourth-order valence-electron chi connectivity index (χ4n) is 5.08. The number of carbonyl (C=O) groups excluding carboxylic acids is 1. The lowest BCUT2D eigenvalue weighted by molar-refractivity contribution is -0.0196. The van der Waals surface area contributed by atoms with Crippen LogP contribution in [0.25, 0.3) is 0 Å². The maximum atomic E-state index is 15.1. The lowest BCUT2D eigenvalue weighted by Crippen LogP contribution is -2.66. The second-order valence-corrected chi connectivity index (χ2v) is 9.43. The highest BCUT2D eigenvalue weighted by Crippen LogP contribution is 2.45. The van der Waals surface area contributed by atoms with Gasteiger partial charge in [0.15, 0.2) is 23.1 Å². The summed E-state index contributed by atoms with van der Waals surface area (Å²) in [7, 11) is 5.42. The van der Waals surface area contributed by atoms with Gasteiger partial charge in [0.2, 0.25) is 5.43 Å². The number of fused-ring (bicyclic) bond motifs is 4. The lowest BCUT2D eigenvalue weighted by atomic mass is 9.93. The number of rotatable bonds is 2. The number of aromatic nitrogens is 1. The molecule has 0 unspecified atom stereocenters. The van der Waals surface area contributed by atoms with Crippen molar-refractivity contribution in [1.29, 1.82) is 0 Å². The van der Waals surface area contributed by atoms with Crippen molar-refractivity contribution in [3.05, 3.63) is 92.9 Å². The summed E-state index contributed by atoms with van der Waals surface area (Å²) in [6.07, 6.45) is 0.892. The number of benzene rings is 2. The zero-order chi connectivity index (χ0) is 24.3. The third-order valence-electron chi connectivity index (χ3n) is 6.65. The Morgan fingerprint density at radius 3 is 2.74 bits per heavy atom. The van der Waals surface area contributed by atoms with Crippen LogP contribution in [0, 0.1) is 11.6 Å². The molecule has 3 aliphatic heterocycles. The van der Waals surface area contributed by atoms with E-state index in [0.29, 0.717) is 12.2 Å². The molecule has 1 saturated heterocycles. The molecule has 1 fully saturated rings. The Bertz CT molecular complexity index is 1420. The smallest absolute Gasteiger partial charge is 0.374 e. The monoisotopic (exact) mass is 493 g/mol. The molecule has 6 rings (SSSR count). The molecular formula is C24H18BF2N3O4S. The van der Waals surface area contributed by atoms with Gasteiger partial charge < -0.3 is 14.3 Å². The summed E-state index contributed by atoms with van der Waals surface area (Å²) in [6, 6.07) is 10.9. The van der Waals surface area contributed by atoms with Crippen LogP contribution in [0.5, 0.6) is 5.75 Å². The van der Waals surface area contributed by atoms with Gasteiger partial charge in [-0.25, -0.2) is 8.78 Å². The first-order valence-electron chi connectivity index (χ1n) is 11.0. The van der Waals surface area contributed by atoms with Crippen LogP contribution in [0.1, 0.15) is 33.2 Å². The van der Waals surface area contributed by atoms with Gasteiger partial charge in [-0.3, -0.25) is 19.3 Å². The Morgan fingerprint density at radius 1 is 1.09 bits per heavy atom. The largest absolute Gasteiger partial charge is 0.564 e. The number of pyridine rings is 1. The van der Waals surface area contributed by atoms with Crippen molar-refractivity contribution in [2.24, 2.45) is 0 Å². The van der Waals surface area contributed by atoms with E-state index in [0.717, 1.165) is 16.5 Å². The van der Waals surface area contributed by atoms with Crippen LogP contribution in [0.3, 0.4) is 0 Å². The van der Waals surface area contributed by atoms with Crippen molar-refractivity contribution in [3.63, 3.8) is 0 Å². The van der Waals surface area contributed by atoms with Gasteiger partial charge >= 0.3 is 8.05 Å². The molecule has 2 radical (unpaired) electrons. The minimum absolute atomic E-state index is 0.0309. The predicted molar refractivity (Wildman–Crippen MR) is 125 cm³/mol. The number of amides is 1. The first-order valence-corrected chi connectivity index (χ1v) is 12.0. The normalized spacial score (nSPS) is 20.9. The molecule has 2 aromatic carbocycles. The van der Waals surface area contributed by atoms with E-state index in [1.165, 1.54) is 28.7 Å². The number of hydrogen-bond donors (Lipinski definition) is 0. The summed E-state index contributed by atoms with van der Waals surface area (Å²) in [4.78, 5) is 28.5. The second-order valence-electron chi connectivity index (χ2n) is 8.41. The first kappa shape index (κ1) is 22.2. The minimum Gasteiger partial charge on any atom is -0.564 e. The number of halogens is 2. The number of hydrogen-bond acceptors (Lipinski definition) is 6. The summed E-state index contributed by atoms with van der Waals surface area (Å²) in [5.41, 5.74) is 1.08. The Morgan fingerprint density at radius 2 is 1.91 bits per heavy atom. The summed E-state index contributed by atoms with van der Waals surface area (Å²) in [5.74, 6) is -2.29. The Hall–Kier alpha value is -3.31. The average molecular weight is 493 g/mol. The number of nitrogens with zero attached hydrogens (tertiary/aromatic N) is 3. The molecule has 35 heavy (non-hydrogen) atoms. The van der Waals surface area contributed by atoms with E-state index < -0.39 is 35.2 Å². The molecule has 7 nitrogen and oxygen atoms in total. The maximum absolute atomic E-state index is 15.1. The third-order valence-corrected chi connectivity index (χ3v) is 7.77. The van der Waals surface area contributed by atoms with Crippen LogP contribution in [-0.2, 0) is 10.5 Å². The quantitative estimate of drug-likeness (QED) is 0.512. The van der Waals surface area contributed by atoms with Gasteiger partial charge in [0.25, 0.3) is 5.91 Å². The fraction of sp³-hybridized carbons (Fsp3) is 0.250. The highest BCUT2D eigenvalue weighted by molar-refractivity contribution is 7.98. The Labute approximate surface area is 204 Å². The van der Waals surface area contributed by atoms with Gasteiger partial charge in [-0.2, -0.15) is 0 Å². The maximum Gasteiger partial charge on any atom is 0.374 e. The fourth-order valence-corrected chi connectivity index (χ4v) is 6.20. The number of thioether (sulfide) groups is 1. The summed E-state index contributed by atoms with van der Waals surface area (Å²) in [6.45, 7) is 0.779. The van der Waals surface area contributed by atoms with Crippen molar-refractivity contribution in [2.75, 3.05) is 24.8 Å². The first-order chi connectivity index (χ1) is 17.0. The molecular weight excluding hydrogens is 475 g/mol. The van der Waals surface area contributed by atoms with E-state index in [2.05, 4.69) is 0 Å². The van der Waals surface area contributed by atoms with Crippen molar-refractivity contribution in [1.82, 2.24) is 9.58 Å². The summed E-state index contributed by atoms with van der Waals surface area (Å²) in [5, 5.41) is 1.86. The lowest BCUT2D eigenvalue weighted by Gasteiger charge is -2.51. The molecule has 3 aromatic rings. The molecule has 0 spiro atoms.